The molecule has 10 heteroatoms. The van der Waals surface area contributed by atoms with Gasteiger partial charge in [-0.1, -0.05) is 48.8 Å². The van der Waals surface area contributed by atoms with Crippen LogP contribution in [0.25, 0.3) is 11.0 Å². The van der Waals surface area contributed by atoms with Gasteiger partial charge >= 0.3 is 5.97 Å². The van der Waals surface area contributed by atoms with Gasteiger partial charge < -0.3 is 18.6 Å². The first-order valence-electron chi connectivity index (χ1n) is 13.6. The summed E-state index contributed by atoms with van der Waals surface area (Å²) in [5, 5.41) is 0.638. The van der Waals surface area contributed by atoms with Crippen molar-refractivity contribution in [2.75, 3.05) is 25.2 Å². The van der Waals surface area contributed by atoms with Gasteiger partial charge in [0, 0.05) is 0 Å². The molecule has 9 nitrogen and oxygen atoms in total. The lowest BCUT2D eigenvalue weighted by molar-refractivity contribution is 0.0531. The number of ether oxygens (including phenoxy) is 3. The molecule has 0 aliphatic carbocycles. The highest BCUT2D eigenvalue weighted by Gasteiger charge is 2.45. The topological polar surface area (TPSA) is 108 Å². The number of amides is 1. The number of esters is 1. The zero-order chi connectivity index (χ0) is 29.3. The minimum absolute atomic E-state index is 0.0549. The van der Waals surface area contributed by atoms with Crippen LogP contribution >= 0.6 is 11.3 Å². The van der Waals surface area contributed by atoms with Gasteiger partial charge in [0.2, 0.25) is 5.76 Å². The van der Waals surface area contributed by atoms with E-state index in [9.17, 15) is 14.4 Å². The van der Waals surface area contributed by atoms with Crippen molar-refractivity contribution in [3.63, 3.8) is 0 Å². The fraction of sp³-hybridized carbons (Fsp3) is 0.355. The third-order valence-corrected chi connectivity index (χ3v) is 8.12. The molecule has 1 atom stereocenters. The van der Waals surface area contributed by atoms with Gasteiger partial charge in [-0.2, -0.15) is 0 Å². The van der Waals surface area contributed by atoms with Crippen LogP contribution in [0.3, 0.4) is 0 Å². The summed E-state index contributed by atoms with van der Waals surface area (Å²) >= 11 is 1.04. The summed E-state index contributed by atoms with van der Waals surface area (Å²) in [6.45, 7) is 8.18. The van der Waals surface area contributed by atoms with Crippen molar-refractivity contribution in [3.8, 4) is 11.5 Å². The second-order valence-electron chi connectivity index (χ2n) is 9.85. The Morgan fingerprint density at radius 1 is 1.07 bits per heavy atom. The van der Waals surface area contributed by atoms with Crippen LogP contribution in [0.4, 0.5) is 5.13 Å². The van der Waals surface area contributed by atoms with Crippen molar-refractivity contribution in [1.82, 2.24) is 4.98 Å². The average Bonchev–Trinajstić information content (AvgIpc) is 3.48. The van der Waals surface area contributed by atoms with Crippen molar-refractivity contribution in [1.29, 1.82) is 0 Å². The van der Waals surface area contributed by atoms with Gasteiger partial charge in [0.25, 0.3) is 5.91 Å². The van der Waals surface area contributed by atoms with Crippen LogP contribution in [0, 0.1) is 13.8 Å². The average molecular weight is 577 g/mol. The Hall–Kier alpha value is -4.18. The summed E-state index contributed by atoms with van der Waals surface area (Å²) in [6.07, 6.45) is 3.05. The molecule has 1 amide bonds. The van der Waals surface area contributed by atoms with E-state index in [0.717, 1.165) is 36.2 Å². The lowest BCUT2D eigenvalue weighted by Gasteiger charge is -2.23. The van der Waals surface area contributed by atoms with E-state index in [1.165, 1.54) is 4.90 Å². The van der Waals surface area contributed by atoms with Crippen LogP contribution in [0.5, 0.6) is 11.5 Å². The summed E-state index contributed by atoms with van der Waals surface area (Å²) in [6, 6.07) is 9.76. The highest BCUT2D eigenvalue weighted by molar-refractivity contribution is 7.17. The van der Waals surface area contributed by atoms with Crippen LogP contribution in [0.2, 0.25) is 0 Å². The molecule has 0 spiro atoms. The number of nitrogens with zero attached hydrogens (tertiary/aromatic N) is 2. The van der Waals surface area contributed by atoms with Crippen molar-refractivity contribution in [3.05, 3.63) is 79.6 Å². The number of anilines is 1. The van der Waals surface area contributed by atoms with E-state index < -0.39 is 17.9 Å². The quantitative estimate of drug-likeness (QED) is 0.158. The minimum Gasteiger partial charge on any atom is -0.493 e. The van der Waals surface area contributed by atoms with Crippen molar-refractivity contribution in [2.24, 2.45) is 0 Å². The maximum atomic E-state index is 14.0. The first-order chi connectivity index (χ1) is 19.8. The lowest BCUT2D eigenvalue weighted by Crippen LogP contribution is -2.29. The maximum absolute atomic E-state index is 14.0. The van der Waals surface area contributed by atoms with Gasteiger partial charge in [-0.25, -0.2) is 9.78 Å². The SMILES string of the molecule is CCCCCOc1ccc(C2c3c(oc4ccc(C)cc4c3=O)C(=O)N2c2nc(C)c(C(=O)OCC)s2)cc1OC. The second-order valence-corrected chi connectivity index (χ2v) is 10.8. The molecule has 3 heterocycles. The van der Waals surface area contributed by atoms with Crippen molar-refractivity contribution in [2.45, 2.75) is 53.0 Å². The molecule has 4 aromatic rings. The molecule has 2 aromatic heterocycles. The van der Waals surface area contributed by atoms with Crippen LogP contribution in [-0.2, 0) is 4.74 Å². The van der Waals surface area contributed by atoms with Crippen LogP contribution in [0.1, 0.15) is 81.8 Å². The van der Waals surface area contributed by atoms with Gasteiger partial charge in [0.05, 0.1) is 43.0 Å². The molecule has 41 heavy (non-hydrogen) atoms. The standard InChI is InChI=1S/C31H32N2O7S/c1-6-8-9-14-39-22-13-11-19(16-23(22)37-5)25-24-26(34)20-15-17(3)10-12-21(20)40-27(24)29(35)33(25)31-32-18(4)28(41-31)30(36)38-7-2/h10-13,15-16,25H,6-9,14H2,1-5H3. The Kier molecular flexibility index (Phi) is 8.12. The summed E-state index contributed by atoms with van der Waals surface area (Å²) in [5.74, 6) is -0.0489. The van der Waals surface area contributed by atoms with Crippen molar-refractivity contribution < 1.29 is 28.2 Å². The number of thiazole rings is 1. The lowest BCUT2D eigenvalue weighted by atomic mass is 9.98. The molecular formula is C31H32N2O7S. The molecule has 0 saturated carbocycles. The first kappa shape index (κ1) is 28.4. The zero-order valence-corrected chi connectivity index (χ0v) is 24.6. The second kappa shape index (κ2) is 11.7. The summed E-state index contributed by atoms with van der Waals surface area (Å²) in [4.78, 5) is 46.8. The third-order valence-electron chi connectivity index (χ3n) is 6.99. The molecule has 0 radical (unpaired) electrons. The Morgan fingerprint density at radius 2 is 1.88 bits per heavy atom. The Bertz CT molecular complexity index is 1690. The molecule has 2 aromatic carbocycles. The maximum Gasteiger partial charge on any atom is 0.350 e. The third kappa shape index (κ3) is 5.19. The molecule has 0 bridgehead atoms. The first-order valence-corrected chi connectivity index (χ1v) is 14.5. The monoisotopic (exact) mass is 576 g/mol. The molecular weight excluding hydrogens is 544 g/mol. The Labute approximate surface area is 241 Å². The van der Waals surface area contributed by atoms with E-state index in [2.05, 4.69) is 11.9 Å². The number of hydrogen-bond donors (Lipinski definition) is 0. The fourth-order valence-corrected chi connectivity index (χ4v) is 5.97. The van der Waals surface area contributed by atoms with Gasteiger partial charge in [0.1, 0.15) is 10.5 Å². The van der Waals surface area contributed by atoms with E-state index in [1.807, 2.05) is 19.1 Å². The zero-order valence-electron chi connectivity index (χ0n) is 23.7. The normalized spacial score (nSPS) is 14.4. The Balaban J connectivity index is 1.67. The molecule has 0 fully saturated rings. The van der Waals surface area contributed by atoms with E-state index in [1.54, 1.807) is 45.2 Å². The summed E-state index contributed by atoms with van der Waals surface area (Å²) in [7, 11) is 1.55. The van der Waals surface area contributed by atoms with Gasteiger partial charge in [-0.3, -0.25) is 14.5 Å². The predicted molar refractivity (Wildman–Crippen MR) is 157 cm³/mol. The summed E-state index contributed by atoms with van der Waals surface area (Å²) < 4.78 is 22.9. The number of aromatic nitrogens is 1. The number of hydrogen-bond acceptors (Lipinski definition) is 9. The van der Waals surface area contributed by atoms with Gasteiger partial charge in [-0.15, -0.1) is 0 Å². The highest BCUT2D eigenvalue weighted by atomic mass is 32.1. The molecule has 5 rings (SSSR count). The van der Waals surface area contributed by atoms with E-state index in [0.29, 0.717) is 40.3 Å². The predicted octanol–water partition coefficient (Wildman–Crippen LogP) is 6.37. The van der Waals surface area contributed by atoms with Crippen LogP contribution in [0.15, 0.2) is 45.6 Å². The number of benzene rings is 2. The van der Waals surface area contributed by atoms with E-state index in [-0.39, 0.29) is 33.4 Å². The molecule has 0 N–H and O–H groups in total. The number of rotatable bonds is 10. The number of carbonyl (C=O) groups excluding carboxylic acids is 2. The van der Waals surface area contributed by atoms with Gasteiger partial charge in [-0.05, 0) is 57.0 Å². The number of unbranched alkanes of at least 4 members (excludes halogenated alkanes) is 2. The number of methoxy groups -OCH3 is 1. The van der Waals surface area contributed by atoms with Crippen LogP contribution < -0.4 is 19.8 Å². The Morgan fingerprint density at radius 3 is 2.61 bits per heavy atom. The molecule has 1 aliphatic heterocycles. The fourth-order valence-electron chi connectivity index (χ4n) is 4.98. The summed E-state index contributed by atoms with van der Waals surface area (Å²) in [5.41, 5.74) is 2.16. The van der Waals surface area contributed by atoms with Crippen LogP contribution in [-0.4, -0.2) is 37.2 Å². The molecule has 214 valence electrons. The molecule has 1 aliphatic rings. The number of aryl methyl sites for hydroxylation is 2. The van der Waals surface area contributed by atoms with Gasteiger partial charge in [0.15, 0.2) is 22.1 Å². The van der Waals surface area contributed by atoms with Crippen molar-refractivity contribution >= 4 is 39.3 Å². The minimum atomic E-state index is -0.873. The number of carbonyl (C=O) groups is 2. The smallest absolute Gasteiger partial charge is 0.350 e. The highest BCUT2D eigenvalue weighted by Crippen LogP contribution is 2.45. The molecule has 1 unspecified atom stereocenters. The van der Waals surface area contributed by atoms with E-state index in [4.69, 9.17) is 18.6 Å². The van der Waals surface area contributed by atoms with E-state index >= 15 is 0 Å². The number of fused-ring (bicyclic) bond motifs is 2. The largest absolute Gasteiger partial charge is 0.493 e. The molecule has 0 saturated heterocycles.